The van der Waals surface area contributed by atoms with Crippen LogP contribution in [-0.4, -0.2) is 48.2 Å². The highest BCUT2D eigenvalue weighted by Crippen LogP contribution is 2.32. The summed E-state index contributed by atoms with van der Waals surface area (Å²) in [5, 5.41) is 3.99. The summed E-state index contributed by atoms with van der Waals surface area (Å²) in [5.41, 5.74) is 0.476. The van der Waals surface area contributed by atoms with Gasteiger partial charge in [-0.1, -0.05) is 4.49 Å². The van der Waals surface area contributed by atoms with Crippen molar-refractivity contribution in [3.05, 3.63) is 29.9 Å². The third kappa shape index (κ3) is 2.91. The van der Waals surface area contributed by atoms with Gasteiger partial charge in [0.2, 0.25) is 0 Å². The predicted octanol–water partition coefficient (Wildman–Crippen LogP) is 1.55. The molecule has 0 saturated carbocycles. The molecule has 1 aliphatic heterocycles. The van der Waals surface area contributed by atoms with E-state index >= 15 is 0 Å². The smallest absolute Gasteiger partial charge is 0.289 e. The summed E-state index contributed by atoms with van der Waals surface area (Å²) < 4.78 is 32.7. The lowest BCUT2D eigenvalue weighted by Gasteiger charge is -2.31. The number of hydrogen-bond donors (Lipinski definition) is 0. The number of hydrogen-bond acceptors (Lipinski definition) is 7. The number of rotatable bonds is 3. The van der Waals surface area contributed by atoms with Crippen molar-refractivity contribution >= 4 is 27.3 Å². The number of sulfone groups is 1. The summed E-state index contributed by atoms with van der Waals surface area (Å²) in [6.45, 7) is 1.05. The minimum Gasteiger partial charge on any atom is -0.459 e. The average Bonchev–Trinajstić information content (AvgIpc) is 3.17. The maximum absolute atomic E-state index is 12.3. The van der Waals surface area contributed by atoms with E-state index in [0.29, 0.717) is 24.5 Å². The van der Waals surface area contributed by atoms with Crippen molar-refractivity contribution < 1.29 is 17.6 Å². The lowest BCUT2D eigenvalue weighted by Crippen LogP contribution is -2.39. The van der Waals surface area contributed by atoms with E-state index in [1.165, 1.54) is 6.26 Å². The van der Waals surface area contributed by atoms with Crippen LogP contribution in [0.15, 0.2) is 27.0 Å². The Balaban J connectivity index is 1.82. The van der Waals surface area contributed by atoms with E-state index in [1.54, 1.807) is 17.0 Å². The number of nitrogens with zero attached hydrogens (tertiary/aromatic N) is 3. The van der Waals surface area contributed by atoms with Gasteiger partial charge in [-0.15, -0.1) is 5.10 Å². The summed E-state index contributed by atoms with van der Waals surface area (Å²) >= 11 is 0.886. The Bertz CT molecular complexity index is 767. The molecule has 3 rings (SSSR count). The number of aromatic nitrogens is 2. The number of carbonyl (C=O) groups is 1. The molecular weight excluding hydrogens is 326 g/mol. The minimum absolute atomic E-state index is 0.115. The van der Waals surface area contributed by atoms with Gasteiger partial charge in [-0.3, -0.25) is 4.79 Å². The molecular formula is C13H15N3O4S2. The van der Waals surface area contributed by atoms with E-state index in [1.807, 2.05) is 0 Å². The van der Waals surface area contributed by atoms with Gasteiger partial charge in [0.25, 0.3) is 5.91 Å². The maximum atomic E-state index is 12.3. The second-order valence-electron chi connectivity index (χ2n) is 5.29. The Hall–Kier alpha value is -1.74. The zero-order valence-electron chi connectivity index (χ0n) is 11.9. The largest absolute Gasteiger partial charge is 0.459 e. The van der Waals surface area contributed by atoms with E-state index in [4.69, 9.17) is 4.42 Å². The monoisotopic (exact) mass is 341 g/mol. The third-order valence-electron chi connectivity index (χ3n) is 3.65. The molecule has 7 nitrogen and oxygen atoms in total. The van der Waals surface area contributed by atoms with E-state index in [9.17, 15) is 13.2 Å². The quantitative estimate of drug-likeness (QED) is 0.841. The van der Waals surface area contributed by atoms with Crippen LogP contribution in [0.1, 0.15) is 35.0 Å². The van der Waals surface area contributed by atoms with Crippen LogP contribution >= 0.6 is 11.5 Å². The third-order valence-corrected chi connectivity index (χ3v) is 6.20. The van der Waals surface area contributed by atoms with Gasteiger partial charge in [-0.25, -0.2) is 8.42 Å². The number of piperidine rings is 1. The van der Waals surface area contributed by atoms with Gasteiger partial charge in [0.05, 0.1) is 12.0 Å². The van der Waals surface area contributed by atoms with Crippen LogP contribution in [0.5, 0.6) is 0 Å². The molecule has 0 aromatic carbocycles. The second-order valence-corrected chi connectivity index (χ2v) is 8.25. The topological polar surface area (TPSA) is 93.4 Å². The normalized spacial score (nSPS) is 19.3. The SMILES string of the molecule is CS(=O)(=O)c1snnc1C1CCCN(C(=O)c2ccco2)C1. The van der Waals surface area contributed by atoms with Gasteiger partial charge < -0.3 is 9.32 Å². The standard InChI is InChI=1S/C13H15N3O4S2/c1-22(18,19)13-11(14-15-21-13)9-4-2-6-16(8-9)12(17)10-5-3-7-20-10/h3,5,7,9H,2,4,6,8H2,1H3. The van der Waals surface area contributed by atoms with Crippen molar-refractivity contribution in [2.75, 3.05) is 19.3 Å². The van der Waals surface area contributed by atoms with Gasteiger partial charge >= 0.3 is 0 Å². The fourth-order valence-corrected chi connectivity index (χ4v) is 4.37. The lowest BCUT2D eigenvalue weighted by molar-refractivity contribution is 0.0673. The van der Waals surface area contributed by atoms with E-state index in [-0.39, 0.29) is 16.0 Å². The van der Waals surface area contributed by atoms with Crippen molar-refractivity contribution in [1.29, 1.82) is 0 Å². The molecule has 1 fully saturated rings. The summed E-state index contributed by atoms with van der Waals surface area (Å²) in [7, 11) is -3.35. The van der Waals surface area contributed by atoms with Crippen LogP contribution in [0.3, 0.4) is 0 Å². The Morgan fingerprint density at radius 2 is 2.32 bits per heavy atom. The Kier molecular flexibility index (Phi) is 4.00. The van der Waals surface area contributed by atoms with E-state index < -0.39 is 9.84 Å². The number of likely N-dealkylation sites (tertiary alicyclic amines) is 1. The molecule has 9 heteroatoms. The van der Waals surface area contributed by atoms with Crippen molar-refractivity contribution in [3.63, 3.8) is 0 Å². The Labute approximate surface area is 132 Å². The summed E-state index contributed by atoms with van der Waals surface area (Å²) in [6.07, 6.45) is 4.19. The van der Waals surface area contributed by atoms with Crippen LogP contribution in [0.25, 0.3) is 0 Å². The molecule has 0 aliphatic carbocycles. The molecule has 0 radical (unpaired) electrons. The van der Waals surface area contributed by atoms with Crippen molar-refractivity contribution in [2.24, 2.45) is 0 Å². The van der Waals surface area contributed by atoms with Crippen molar-refractivity contribution in [1.82, 2.24) is 14.5 Å². The first-order valence-corrected chi connectivity index (χ1v) is 9.48. The first kappa shape index (κ1) is 15.2. The summed E-state index contributed by atoms with van der Waals surface area (Å²) in [4.78, 5) is 14.0. The molecule has 1 saturated heterocycles. The van der Waals surface area contributed by atoms with Crippen molar-refractivity contribution in [3.8, 4) is 0 Å². The van der Waals surface area contributed by atoms with Gasteiger partial charge in [-0.2, -0.15) is 0 Å². The maximum Gasteiger partial charge on any atom is 0.289 e. The molecule has 118 valence electrons. The number of furan rings is 1. The average molecular weight is 341 g/mol. The van der Waals surface area contributed by atoms with Crippen molar-refractivity contribution in [2.45, 2.75) is 23.0 Å². The van der Waals surface area contributed by atoms with Crippen LogP contribution in [0.2, 0.25) is 0 Å². The molecule has 2 aromatic heterocycles. The summed E-state index contributed by atoms with van der Waals surface area (Å²) in [6, 6.07) is 3.29. The first-order chi connectivity index (χ1) is 10.5. The highest BCUT2D eigenvalue weighted by atomic mass is 32.2. The molecule has 2 aromatic rings. The Morgan fingerprint density at radius 1 is 1.50 bits per heavy atom. The van der Waals surface area contributed by atoms with Crippen LogP contribution in [0.4, 0.5) is 0 Å². The van der Waals surface area contributed by atoms with E-state index in [0.717, 1.165) is 30.6 Å². The van der Waals surface area contributed by atoms with Gasteiger partial charge in [-0.05, 0) is 25.0 Å². The molecule has 1 aliphatic rings. The Morgan fingerprint density at radius 3 is 3.00 bits per heavy atom. The van der Waals surface area contributed by atoms with Gasteiger partial charge in [0, 0.05) is 36.8 Å². The molecule has 1 amide bonds. The highest BCUT2D eigenvalue weighted by Gasteiger charge is 2.32. The van der Waals surface area contributed by atoms with Gasteiger partial charge in [0.1, 0.15) is 0 Å². The predicted molar refractivity (Wildman–Crippen MR) is 79.6 cm³/mol. The fraction of sp³-hybridized carbons (Fsp3) is 0.462. The summed E-state index contributed by atoms with van der Waals surface area (Å²) in [5.74, 6) is -0.00433. The molecule has 0 bridgehead atoms. The minimum atomic E-state index is -3.35. The van der Waals surface area contributed by atoms with Crippen LogP contribution in [0, 0.1) is 0 Å². The zero-order chi connectivity index (χ0) is 15.7. The van der Waals surface area contributed by atoms with Gasteiger partial charge in [0.15, 0.2) is 19.8 Å². The second kappa shape index (κ2) is 5.81. The molecule has 0 spiro atoms. The van der Waals surface area contributed by atoms with Crippen LogP contribution in [-0.2, 0) is 9.84 Å². The highest BCUT2D eigenvalue weighted by molar-refractivity contribution is 7.92. The lowest BCUT2D eigenvalue weighted by atomic mass is 9.95. The fourth-order valence-electron chi connectivity index (χ4n) is 2.64. The number of carbonyl (C=O) groups excluding carboxylic acids is 1. The number of amides is 1. The molecule has 22 heavy (non-hydrogen) atoms. The molecule has 3 heterocycles. The first-order valence-electron chi connectivity index (χ1n) is 6.82. The molecule has 1 unspecified atom stereocenters. The molecule has 1 atom stereocenters. The van der Waals surface area contributed by atoms with E-state index in [2.05, 4.69) is 9.59 Å². The van der Waals surface area contributed by atoms with Crippen LogP contribution < -0.4 is 0 Å². The zero-order valence-corrected chi connectivity index (χ0v) is 13.6. The molecule has 0 N–H and O–H groups in total.